The van der Waals surface area contributed by atoms with Crippen LogP contribution in [0.5, 0.6) is 0 Å². The summed E-state index contributed by atoms with van der Waals surface area (Å²) in [6.45, 7) is 0. The van der Waals surface area contributed by atoms with Crippen LogP contribution in [0, 0.1) is 5.92 Å². The van der Waals surface area contributed by atoms with Crippen LogP contribution in [0.25, 0.3) is 0 Å². The first-order chi connectivity index (χ1) is 7.99. The molecule has 0 saturated carbocycles. The van der Waals surface area contributed by atoms with Crippen LogP contribution in [0.15, 0.2) is 12.2 Å². The van der Waals surface area contributed by atoms with Gasteiger partial charge in [0, 0.05) is 6.42 Å². The molecular formula is C9H11NO7. The van der Waals surface area contributed by atoms with Gasteiger partial charge in [0.15, 0.2) is 5.92 Å². The highest BCUT2D eigenvalue weighted by Crippen LogP contribution is 2.04. The van der Waals surface area contributed by atoms with E-state index < -0.39 is 23.8 Å². The average Bonchev–Trinajstić information content (AvgIpc) is 2.24. The minimum absolute atomic E-state index is 0.0744. The summed E-state index contributed by atoms with van der Waals surface area (Å²) in [5, 5.41) is 17.0. The summed E-state index contributed by atoms with van der Waals surface area (Å²) < 4.78 is 0. The molecule has 0 aliphatic heterocycles. The van der Waals surface area contributed by atoms with Gasteiger partial charge in [0.1, 0.15) is 0 Å². The van der Waals surface area contributed by atoms with Crippen LogP contribution in [0.4, 0.5) is 0 Å². The van der Waals surface area contributed by atoms with Gasteiger partial charge in [-0.15, -0.1) is 0 Å². The Morgan fingerprint density at radius 1 is 1.29 bits per heavy atom. The van der Waals surface area contributed by atoms with E-state index in [-0.39, 0.29) is 19.3 Å². The summed E-state index contributed by atoms with van der Waals surface area (Å²) in [5.74, 6) is -5.26. The summed E-state index contributed by atoms with van der Waals surface area (Å²) in [6.07, 6.45) is 2.23. The monoisotopic (exact) mass is 245 g/mol. The fourth-order valence-electron chi connectivity index (χ4n) is 0.846. The van der Waals surface area contributed by atoms with Crippen LogP contribution in [-0.4, -0.2) is 34.5 Å². The summed E-state index contributed by atoms with van der Waals surface area (Å²) in [4.78, 5) is 45.8. The molecule has 8 heteroatoms. The molecule has 1 amide bonds. The molecule has 1 unspecified atom stereocenters. The number of rotatable bonds is 8. The Morgan fingerprint density at radius 3 is 2.41 bits per heavy atom. The molecule has 0 spiro atoms. The Kier molecular flexibility index (Phi) is 6.75. The highest BCUT2D eigenvalue weighted by Gasteiger charge is 2.25. The Morgan fingerprint density at radius 2 is 1.94 bits per heavy atom. The van der Waals surface area contributed by atoms with Crippen molar-refractivity contribution in [2.24, 2.45) is 5.92 Å². The number of hydrogen-bond acceptors (Lipinski definition) is 5. The molecule has 17 heavy (non-hydrogen) atoms. The van der Waals surface area contributed by atoms with Crippen molar-refractivity contribution in [3.05, 3.63) is 12.2 Å². The topological polar surface area (TPSA) is 130 Å². The molecule has 0 radical (unpaired) electrons. The quantitative estimate of drug-likeness (QED) is 0.223. The van der Waals surface area contributed by atoms with Gasteiger partial charge in [-0.25, -0.2) is 4.79 Å². The van der Waals surface area contributed by atoms with Crippen molar-refractivity contribution in [1.82, 2.24) is 5.48 Å². The molecule has 0 bridgehead atoms. The maximum absolute atomic E-state index is 11.1. The molecule has 94 valence electrons. The first-order valence-electron chi connectivity index (χ1n) is 4.50. The molecule has 0 rings (SSSR count). The van der Waals surface area contributed by atoms with Gasteiger partial charge in [-0.05, 0) is 6.42 Å². The lowest BCUT2D eigenvalue weighted by molar-refractivity contribution is -0.163. The molecule has 0 saturated heterocycles. The minimum Gasteiger partial charge on any atom is -0.481 e. The standard InChI is InChI=1S/C9H11NO7/c11-5-10-17-9(16)6(8(14)15)3-1-2-4-7(12)13/h1,3,5-6H,2,4H2,(H,10,11)(H,12,13)(H,14,15). The van der Waals surface area contributed by atoms with E-state index in [0.29, 0.717) is 0 Å². The summed E-state index contributed by atoms with van der Waals surface area (Å²) in [6, 6.07) is 0. The highest BCUT2D eigenvalue weighted by atomic mass is 16.7. The molecule has 8 nitrogen and oxygen atoms in total. The molecule has 0 aliphatic rings. The number of nitrogens with one attached hydrogen (secondary N) is 1. The van der Waals surface area contributed by atoms with Gasteiger partial charge in [0.05, 0.1) is 0 Å². The number of hydrogen-bond donors (Lipinski definition) is 3. The van der Waals surface area contributed by atoms with Crippen LogP contribution in [0.1, 0.15) is 12.8 Å². The van der Waals surface area contributed by atoms with E-state index in [1.54, 1.807) is 5.48 Å². The Hall–Kier alpha value is -2.38. The van der Waals surface area contributed by atoms with E-state index >= 15 is 0 Å². The number of carbonyl (C=O) groups is 4. The second-order valence-corrected chi connectivity index (χ2v) is 2.83. The Labute approximate surface area is 95.8 Å². The lowest BCUT2D eigenvalue weighted by Crippen LogP contribution is -2.28. The van der Waals surface area contributed by atoms with Crippen LogP contribution in [-0.2, 0) is 24.0 Å². The van der Waals surface area contributed by atoms with Crippen molar-refractivity contribution in [2.45, 2.75) is 12.8 Å². The number of carbonyl (C=O) groups excluding carboxylic acids is 2. The van der Waals surface area contributed by atoms with Gasteiger partial charge in [0.25, 0.3) is 0 Å². The van der Waals surface area contributed by atoms with Crippen molar-refractivity contribution < 1.29 is 34.2 Å². The highest BCUT2D eigenvalue weighted by molar-refractivity contribution is 5.96. The summed E-state index contributed by atoms with van der Waals surface area (Å²) in [5.41, 5.74) is 1.57. The number of amides is 1. The molecule has 0 heterocycles. The molecule has 0 fully saturated rings. The molecule has 0 aromatic carbocycles. The maximum atomic E-state index is 11.1. The van der Waals surface area contributed by atoms with Gasteiger partial charge in [-0.2, -0.15) is 5.48 Å². The molecule has 0 aliphatic carbocycles. The van der Waals surface area contributed by atoms with Crippen molar-refractivity contribution in [1.29, 1.82) is 0 Å². The Balaban J connectivity index is 4.32. The van der Waals surface area contributed by atoms with Crippen molar-refractivity contribution in [3.8, 4) is 0 Å². The van der Waals surface area contributed by atoms with Gasteiger partial charge in [0.2, 0.25) is 6.41 Å². The van der Waals surface area contributed by atoms with E-state index in [9.17, 15) is 19.2 Å². The lowest BCUT2D eigenvalue weighted by atomic mass is 10.1. The van der Waals surface area contributed by atoms with E-state index in [1.807, 2.05) is 0 Å². The first-order valence-corrected chi connectivity index (χ1v) is 4.50. The zero-order valence-corrected chi connectivity index (χ0v) is 8.66. The fraction of sp³-hybridized carbons (Fsp3) is 0.333. The van der Waals surface area contributed by atoms with Crippen LogP contribution in [0.2, 0.25) is 0 Å². The molecule has 3 N–H and O–H groups in total. The third kappa shape index (κ3) is 6.66. The molecule has 0 aromatic rings. The van der Waals surface area contributed by atoms with Gasteiger partial charge in [-0.3, -0.25) is 14.4 Å². The predicted octanol–water partition coefficient (Wildman–Crippen LogP) is -0.688. The predicted molar refractivity (Wildman–Crippen MR) is 52.4 cm³/mol. The molecule has 1 atom stereocenters. The number of aliphatic carboxylic acids is 2. The number of allylic oxidation sites excluding steroid dienone is 1. The second kappa shape index (κ2) is 7.85. The van der Waals surface area contributed by atoms with E-state index in [0.717, 1.165) is 6.08 Å². The minimum atomic E-state index is -1.59. The second-order valence-electron chi connectivity index (χ2n) is 2.83. The average molecular weight is 245 g/mol. The number of carboxylic acid groups (broad SMARTS) is 2. The van der Waals surface area contributed by atoms with Gasteiger partial charge >= 0.3 is 17.9 Å². The number of hydroxylamine groups is 1. The van der Waals surface area contributed by atoms with Crippen molar-refractivity contribution >= 4 is 24.3 Å². The van der Waals surface area contributed by atoms with E-state index in [1.165, 1.54) is 6.08 Å². The summed E-state index contributed by atoms with van der Waals surface area (Å²) >= 11 is 0. The van der Waals surface area contributed by atoms with Crippen LogP contribution < -0.4 is 5.48 Å². The zero-order chi connectivity index (χ0) is 13.3. The van der Waals surface area contributed by atoms with Crippen LogP contribution in [0.3, 0.4) is 0 Å². The van der Waals surface area contributed by atoms with Gasteiger partial charge < -0.3 is 15.1 Å². The van der Waals surface area contributed by atoms with Crippen LogP contribution >= 0.6 is 0 Å². The number of carboxylic acids is 2. The Bertz CT molecular complexity index is 336. The molecule has 0 aromatic heterocycles. The molecular weight excluding hydrogens is 234 g/mol. The fourth-order valence-corrected chi connectivity index (χ4v) is 0.846. The van der Waals surface area contributed by atoms with Crippen molar-refractivity contribution in [3.63, 3.8) is 0 Å². The summed E-state index contributed by atoms with van der Waals surface area (Å²) in [7, 11) is 0. The first kappa shape index (κ1) is 14.6. The lowest BCUT2D eigenvalue weighted by Gasteiger charge is -2.05. The smallest absolute Gasteiger partial charge is 0.350 e. The van der Waals surface area contributed by atoms with Crippen molar-refractivity contribution in [2.75, 3.05) is 0 Å². The van der Waals surface area contributed by atoms with E-state index in [2.05, 4.69) is 4.84 Å². The van der Waals surface area contributed by atoms with Gasteiger partial charge in [-0.1, -0.05) is 12.2 Å². The zero-order valence-electron chi connectivity index (χ0n) is 8.66. The maximum Gasteiger partial charge on any atom is 0.350 e. The SMILES string of the molecule is O=CNOC(=O)C(C=CCCC(=O)O)C(=O)O. The largest absolute Gasteiger partial charge is 0.481 e. The third-order valence-corrected chi connectivity index (χ3v) is 1.58. The third-order valence-electron chi connectivity index (χ3n) is 1.58. The normalized spacial score (nSPS) is 11.8. The van der Waals surface area contributed by atoms with E-state index in [4.69, 9.17) is 10.2 Å².